The molecule has 5 rings (SSSR count). The van der Waals surface area contributed by atoms with E-state index in [0.717, 1.165) is 39.3 Å². The van der Waals surface area contributed by atoms with Gasteiger partial charge in [0.15, 0.2) is 0 Å². The number of aromatic amines is 2. The summed E-state index contributed by atoms with van der Waals surface area (Å²) in [4.78, 5) is 11.2. The molecule has 2 aromatic carbocycles. The fourth-order valence-corrected chi connectivity index (χ4v) is 4.12. The Kier molecular flexibility index (Phi) is 3.71. The van der Waals surface area contributed by atoms with E-state index in [4.69, 9.17) is 5.73 Å². The number of nitrogens with zero attached hydrogens (tertiary/aromatic N) is 3. The first kappa shape index (κ1) is 16.4. The predicted octanol–water partition coefficient (Wildman–Crippen LogP) is 4.32. The number of anilines is 1. The molecular formula is C20H17IN6. The van der Waals surface area contributed by atoms with E-state index in [1.54, 1.807) is 4.68 Å². The largest absolute Gasteiger partial charge is 0.383 e. The highest BCUT2D eigenvalue weighted by Gasteiger charge is 2.13. The van der Waals surface area contributed by atoms with E-state index < -0.39 is 0 Å². The molecule has 0 fully saturated rings. The molecule has 0 unspecified atom stereocenters. The van der Waals surface area contributed by atoms with E-state index in [-0.39, 0.29) is 0 Å². The van der Waals surface area contributed by atoms with Crippen LogP contribution in [0.3, 0.4) is 0 Å². The zero-order valence-electron chi connectivity index (χ0n) is 14.6. The van der Waals surface area contributed by atoms with Crippen molar-refractivity contribution in [3.05, 3.63) is 69.3 Å². The van der Waals surface area contributed by atoms with Gasteiger partial charge in [0.1, 0.15) is 11.6 Å². The molecule has 7 heteroatoms. The number of nitrogens with one attached hydrogen (secondary N) is 2. The Labute approximate surface area is 168 Å². The Balaban J connectivity index is 1.50. The molecule has 0 aliphatic rings. The fourth-order valence-electron chi connectivity index (χ4n) is 3.47. The minimum Gasteiger partial charge on any atom is -0.383 e. The van der Waals surface area contributed by atoms with Crippen LogP contribution in [0.4, 0.5) is 5.82 Å². The van der Waals surface area contributed by atoms with Crippen molar-refractivity contribution in [2.75, 3.05) is 5.73 Å². The van der Waals surface area contributed by atoms with E-state index >= 15 is 0 Å². The Morgan fingerprint density at radius 3 is 2.85 bits per heavy atom. The normalized spacial score (nSPS) is 11.6. The third-order valence-electron chi connectivity index (χ3n) is 4.76. The quantitative estimate of drug-likeness (QED) is 0.345. The van der Waals surface area contributed by atoms with Crippen molar-refractivity contribution < 1.29 is 0 Å². The average Bonchev–Trinajstić information content (AvgIpc) is 3.32. The average molecular weight is 468 g/mol. The number of rotatable bonds is 3. The van der Waals surface area contributed by atoms with Crippen LogP contribution < -0.4 is 5.73 Å². The van der Waals surface area contributed by atoms with Gasteiger partial charge in [-0.05, 0) is 65.9 Å². The standard InChI is InChI=1S/C20H17IN6/c1-11-24-18-6-5-14(9-19(18)25-11)27-20(22)12(10-23-27)7-13-8-15-16(21)3-2-4-17(15)26-13/h2-6,8-10,26H,7,22H2,1H3,(H,24,25). The van der Waals surface area contributed by atoms with Crippen molar-refractivity contribution in [3.8, 4) is 5.69 Å². The fraction of sp³-hybridized carbons (Fsp3) is 0.100. The molecule has 0 spiro atoms. The number of hydrogen-bond donors (Lipinski definition) is 3. The number of fused-ring (bicyclic) bond motifs is 2. The van der Waals surface area contributed by atoms with Gasteiger partial charge >= 0.3 is 0 Å². The van der Waals surface area contributed by atoms with Crippen molar-refractivity contribution in [1.29, 1.82) is 0 Å². The SMILES string of the molecule is Cc1nc2ccc(-n3ncc(Cc4cc5c(I)cccc5[nH]4)c3N)cc2[nH]1. The van der Waals surface area contributed by atoms with Crippen LogP contribution >= 0.6 is 22.6 Å². The lowest BCUT2D eigenvalue weighted by Crippen LogP contribution is -2.03. The first-order valence-corrected chi connectivity index (χ1v) is 9.71. The van der Waals surface area contributed by atoms with Crippen LogP contribution in [0, 0.1) is 10.5 Å². The van der Waals surface area contributed by atoms with Crippen molar-refractivity contribution >= 4 is 50.3 Å². The second kappa shape index (κ2) is 6.12. The third kappa shape index (κ3) is 2.78. The van der Waals surface area contributed by atoms with Gasteiger partial charge < -0.3 is 15.7 Å². The topological polar surface area (TPSA) is 88.3 Å². The first-order chi connectivity index (χ1) is 13.1. The summed E-state index contributed by atoms with van der Waals surface area (Å²) in [6.07, 6.45) is 2.55. The van der Waals surface area contributed by atoms with E-state index in [1.807, 2.05) is 31.3 Å². The number of imidazole rings is 1. The van der Waals surface area contributed by atoms with Crippen LogP contribution in [0.1, 0.15) is 17.1 Å². The maximum Gasteiger partial charge on any atom is 0.130 e. The first-order valence-electron chi connectivity index (χ1n) is 8.64. The van der Waals surface area contributed by atoms with Gasteiger partial charge in [0.25, 0.3) is 0 Å². The lowest BCUT2D eigenvalue weighted by molar-refractivity contribution is 0.892. The number of benzene rings is 2. The Hall–Kier alpha value is -2.81. The summed E-state index contributed by atoms with van der Waals surface area (Å²) in [5.74, 6) is 1.55. The lowest BCUT2D eigenvalue weighted by Gasteiger charge is -2.05. The zero-order chi connectivity index (χ0) is 18.5. The lowest BCUT2D eigenvalue weighted by atomic mass is 10.1. The smallest absolute Gasteiger partial charge is 0.130 e. The molecule has 0 amide bonds. The van der Waals surface area contributed by atoms with Gasteiger partial charge in [-0.15, -0.1) is 0 Å². The van der Waals surface area contributed by atoms with Gasteiger partial charge in [0.05, 0.1) is 22.9 Å². The van der Waals surface area contributed by atoms with Gasteiger partial charge in [-0.3, -0.25) is 0 Å². The molecule has 5 aromatic rings. The van der Waals surface area contributed by atoms with Crippen LogP contribution in [0.2, 0.25) is 0 Å². The number of nitrogen functional groups attached to an aromatic ring is 1. The zero-order valence-corrected chi connectivity index (χ0v) is 16.8. The highest BCUT2D eigenvalue weighted by atomic mass is 127. The van der Waals surface area contributed by atoms with Crippen molar-refractivity contribution in [1.82, 2.24) is 24.7 Å². The van der Waals surface area contributed by atoms with Gasteiger partial charge in [0, 0.05) is 32.2 Å². The molecule has 0 saturated heterocycles. The van der Waals surface area contributed by atoms with Crippen LogP contribution in [0.5, 0.6) is 0 Å². The second-order valence-electron chi connectivity index (χ2n) is 6.66. The molecule has 0 saturated carbocycles. The minimum absolute atomic E-state index is 0.652. The molecule has 0 atom stereocenters. The molecule has 27 heavy (non-hydrogen) atoms. The number of aryl methyl sites for hydroxylation is 1. The van der Waals surface area contributed by atoms with Gasteiger partial charge in [-0.25, -0.2) is 9.67 Å². The second-order valence-corrected chi connectivity index (χ2v) is 7.83. The molecule has 3 heterocycles. The highest BCUT2D eigenvalue weighted by Crippen LogP contribution is 2.25. The van der Waals surface area contributed by atoms with Crippen molar-refractivity contribution in [2.24, 2.45) is 0 Å². The van der Waals surface area contributed by atoms with E-state index in [2.05, 4.69) is 66.9 Å². The Morgan fingerprint density at radius 1 is 1.11 bits per heavy atom. The Morgan fingerprint density at radius 2 is 2.00 bits per heavy atom. The van der Waals surface area contributed by atoms with Crippen LogP contribution in [0.15, 0.2) is 48.7 Å². The molecule has 3 aromatic heterocycles. The molecule has 4 N–H and O–H groups in total. The summed E-state index contributed by atoms with van der Waals surface area (Å²) >= 11 is 2.36. The van der Waals surface area contributed by atoms with Crippen LogP contribution in [0.25, 0.3) is 27.6 Å². The van der Waals surface area contributed by atoms with Gasteiger partial charge in [-0.1, -0.05) is 6.07 Å². The molecule has 0 aliphatic heterocycles. The maximum atomic E-state index is 6.42. The molecule has 6 nitrogen and oxygen atoms in total. The summed E-state index contributed by atoms with van der Waals surface area (Å²) in [6, 6.07) is 14.4. The van der Waals surface area contributed by atoms with Crippen LogP contribution in [-0.2, 0) is 6.42 Å². The summed E-state index contributed by atoms with van der Waals surface area (Å²) < 4.78 is 3.01. The highest BCUT2D eigenvalue weighted by molar-refractivity contribution is 14.1. The van der Waals surface area contributed by atoms with E-state index in [0.29, 0.717) is 12.2 Å². The number of halogens is 1. The van der Waals surface area contributed by atoms with Crippen LogP contribution in [-0.4, -0.2) is 24.7 Å². The molecular weight excluding hydrogens is 451 g/mol. The van der Waals surface area contributed by atoms with Gasteiger partial charge in [-0.2, -0.15) is 5.10 Å². The predicted molar refractivity (Wildman–Crippen MR) is 116 cm³/mol. The summed E-state index contributed by atoms with van der Waals surface area (Å²) in [7, 11) is 0. The molecule has 0 aliphatic carbocycles. The number of nitrogens with two attached hydrogens (primary N) is 1. The Bertz CT molecular complexity index is 1290. The van der Waals surface area contributed by atoms with Gasteiger partial charge in [0.2, 0.25) is 0 Å². The summed E-state index contributed by atoms with van der Waals surface area (Å²) in [5, 5.41) is 5.74. The molecule has 134 valence electrons. The minimum atomic E-state index is 0.652. The van der Waals surface area contributed by atoms with E-state index in [9.17, 15) is 0 Å². The molecule has 0 radical (unpaired) electrons. The summed E-state index contributed by atoms with van der Waals surface area (Å²) in [5.41, 5.74) is 12.5. The monoisotopic (exact) mass is 468 g/mol. The number of aromatic nitrogens is 5. The number of H-pyrrole nitrogens is 2. The molecule has 0 bridgehead atoms. The maximum absolute atomic E-state index is 6.42. The third-order valence-corrected chi connectivity index (χ3v) is 5.70. The van der Waals surface area contributed by atoms with Crippen molar-refractivity contribution in [3.63, 3.8) is 0 Å². The number of hydrogen-bond acceptors (Lipinski definition) is 3. The van der Waals surface area contributed by atoms with E-state index in [1.165, 1.54) is 8.96 Å². The van der Waals surface area contributed by atoms with Crippen molar-refractivity contribution in [2.45, 2.75) is 13.3 Å². The summed E-state index contributed by atoms with van der Waals surface area (Å²) in [6.45, 7) is 1.95.